The molecule has 6 heteroatoms. The number of aryl methyl sites for hydroxylation is 1. The monoisotopic (exact) mass is 366 g/mol. The summed E-state index contributed by atoms with van der Waals surface area (Å²) in [5.74, 6) is 0.0113. The molecular formula is C19H27ClN2O3. The van der Waals surface area contributed by atoms with E-state index in [4.69, 9.17) is 16.3 Å². The molecule has 1 amide bonds. The van der Waals surface area contributed by atoms with E-state index in [1.165, 1.54) is 5.56 Å². The van der Waals surface area contributed by atoms with E-state index in [-0.39, 0.29) is 11.9 Å². The number of benzene rings is 1. The van der Waals surface area contributed by atoms with Crippen molar-refractivity contribution in [1.82, 2.24) is 9.80 Å². The van der Waals surface area contributed by atoms with Gasteiger partial charge in [-0.15, -0.1) is 0 Å². The first-order valence-electron chi connectivity index (χ1n) is 8.98. The molecule has 1 heterocycles. The van der Waals surface area contributed by atoms with Crippen molar-refractivity contribution in [2.45, 2.75) is 32.6 Å². The van der Waals surface area contributed by atoms with Crippen LogP contribution < -0.4 is 0 Å². The number of ether oxygens (including phenoxy) is 1. The molecule has 2 rings (SSSR count). The van der Waals surface area contributed by atoms with Gasteiger partial charge in [0.25, 0.3) is 0 Å². The number of hydrogen-bond acceptors (Lipinski definition) is 4. The Morgan fingerprint density at radius 1 is 1.12 bits per heavy atom. The molecule has 5 nitrogen and oxygen atoms in total. The van der Waals surface area contributed by atoms with Gasteiger partial charge in [-0.1, -0.05) is 23.7 Å². The molecule has 0 N–H and O–H groups in total. The zero-order valence-corrected chi connectivity index (χ0v) is 15.6. The second-order valence-corrected chi connectivity index (χ2v) is 6.73. The topological polar surface area (TPSA) is 49.9 Å². The first-order chi connectivity index (χ1) is 12.1. The number of amides is 1. The fraction of sp³-hybridized carbons (Fsp3) is 0.579. The summed E-state index contributed by atoms with van der Waals surface area (Å²) >= 11 is 5.88. The first-order valence-corrected chi connectivity index (χ1v) is 9.36. The van der Waals surface area contributed by atoms with Crippen LogP contribution in [0.5, 0.6) is 0 Å². The van der Waals surface area contributed by atoms with E-state index in [0.717, 1.165) is 43.9 Å². The van der Waals surface area contributed by atoms with Gasteiger partial charge in [-0.2, -0.15) is 0 Å². The molecule has 0 saturated carbocycles. The molecule has 0 aliphatic carbocycles. The lowest BCUT2D eigenvalue weighted by Crippen LogP contribution is -2.37. The fourth-order valence-electron chi connectivity index (χ4n) is 3.02. The molecule has 0 unspecified atom stereocenters. The summed E-state index contributed by atoms with van der Waals surface area (Å²) in [5.41, 5.74) is 1.20. The van der Waals surface area contributed by atoms with Gasteiger partial charge in [0.2, 0.25) is 5.91 Å². The van der Waals surface area contributed by atoms with Crippen molar-refractivity contribution in [2.75, 3.05) is 39.3 Å². The highest BCUT2D eigenvalue weighted by atomic mass is 35.5. The second-order valence-electron chi connectivity index (χ2n) is 6.30. The first kappa shape index (κ1) is 19.7. The average molecular weight is 367 g/mol. The van der Waals surface area contributed by atoms with Crippen LogP contribution in [-0.2, 0) is 20.7 Å². The summed E-state index contributed by atoms with van der Waals surface area (Å²) in [6.07, 6.45) is 3.16. The summed E-state index contributed by atoms with van der Waals surface area (Å²) in [5, 5.41) is 0.733. The minimum Gasteiger partial charge on any atom is -0.465 e. The van der Waals surface area contributed by atoms with Crippen LogP contribution in [0.25, 0.3) is 0 Å². The van der Waals surface area contributed by atoms with Crippen LogP contribution in [0.1, 0.15) is 31.7 Å². The highest BCUT2D eigenvalue weighted by molar-refractivity contribution is 6.30. The smallest absolute Gasteiger partial charge is 0.320 e. The van der Waals surface area contributed by atoms with Gasteiger partial charge >= 0.3 is 5.97 Å². The maximum absolute atomic E-state index is 12.4. The molecule has 25 heavy (non-hydrogen) atoms. The third kappa shape index (κ3) is 7.04. The molecule has 0 spiro atoms. The summed E-state index contributed by atoms with van der Waals surface area (Å²) < 4.78 is 4.99. The van der Waals surface area contributed by atoms with E-state index in [1.807, 2.05) is 36.1 Å². The molecular weight excluding hydrogens is 340 g/mol. The highest BCUT2D eigenvalue weighted by Crippen LogP contribution is 2.13. The number of hydrogen-bond donors (Lipinski definition) is 0. The number of rotatable bonds is 7. The van der Waals surface area contributed by atoms with Crippen LogP contribution in [0.15, 0.2) is 24.3 Å². The van der Waals surface area contributed by atoms with Crippen molar-refractivity contribution in [2.24, 2.45) is 0 Å². The van der Waals surface area contributed by atoms with Crippen molar-refractivity contribution >= 4 is 23.5 Å². The quantitative estimate of drug-likeness (QED) is 0.696. The van der Waals surface area contributed by atoms with E-state index >= 15 is 0 Å². The van der Waals surface area contributed by atoms with Gasteiger partial charge in [0.05, 0.1) is 13.2 Å². The molecule has 0 aromatic heterocycles. The minimum atomic E-state index is -0.190. The predicted molar refractivity (Wildman–Crippen MR) is 98.7 cm³/mol. The predicted octanol–water partition coefficient (Wildman–Crippen LogP) is 2.76. The molecule has 138 valence electrons. The van der Waals surface area contributed by atoms with Crippen LogP contribution in [0.3, 0.4) is 0 Å². The Labute approximate surface area is 154 Å². The van der Waals surface area contributed by atoms with E-state index in [9.17, 15) is 9.59 Å². The number of nitrogens with zero attached hydrogens (tertiary/aromatic N) is 2. The third-order valence-corrected chi connectivity index (χ3v) is 4.62. The second kappa shape index (κ2) is 10.4. The number of carbonyl (C=O) groups is 2. The van der Waals surface area contributed by atoms with Crippen molar-refractivity contribution in [3.05, 3.63) is 34.9 Å². The van der Waals surface area contributed by atoms with Crippen molar-refractivity contribution in [1.29, 1.82) is 0 Å². The molecule has 1 aromatic rings. The van der Waals surface area contributed by atoms with Crippen LogP contribution >= 0.6 is 11.6 Å². The SMILES string of the molecule is CCOC(=O)CN1CCCN(C(=O)CCCc2ccc(Cl)cc2)CC1. The average Bonchev–Trinajstić information content (AvgIpc) is 2.82. The van der Waals surface area contributed by atoms with Gasteiger partial charge in [0.1, 0.15) is 0 Å². The van der Waals surface area contributed by atoms with Gasteiger partial charge in [-0.05, 0) is 43.9 Å². The van der Waals surface area contributed by atoms with Crippen LogP contribution in [0.4, 0.5) is 0 Å². The Hall–Kier alpha value is -1.59. The molecule has 0 atom stereocenters. The van der Waals surface area contributed by atoms with Gasteiger partial charge in [-0.3, -0.25) is 14.5 Å². The van der Waals surface area contributed by atoms with E-state index in [2.05, 4.69) is 4.90 Å². The van der Waals surface area contributed by atoms with Crippen LogP contribution in [-0.4, -0.2) is 61.0 Å². The molecule has 0 bridgehead atoms. The Balaban J connectivity index is 1.71. The number of carbonyl (C=O) groups excluding carboxylic acids is 2. The van der Waals surface area contributed by atoms with Gasteiger partial charge in [0.15, 0.2) is 0 Å². The van der Waals surface area contributed by atoms with Crippen molar-refractivity contribution in [3.8, 4) is 0 Å². The summed E-state index contributed by atoms with van der Waals surface area (Å²) in [6.45, 7) is 5.52. The van der Waals surface area contributed by atoms with E-state index in [1.54, 1.807) is 0 Å². The summed E-state index contributed by atoms with van der Waals surface area (Å²) in [7, 11) is 0. The molecule has 1 aliphatic rings. The van der Waals surface area contributed by atoms with Crippen molar-refractivity contribution < 1.29 is 14.3 Å². The van der Waals surface area contributed by atoms with E-state index < -0.39 is 0 Å². The number of halogens is 1. The molecule has 1 fully saturated rings. The van der Waals surface area contributed by atoms with E-state index in [0.29, 0.717) is 26.1 Å². The number of esters is 1. The zero-order valence-electron chi connectivity index (χ0n) is 14.9. The molecule has 1 saturated heterocycles. The Kier molecular flexibility index (Phi) is 8.22. The van der Waals surface area contributed by atoms with Crippen LogP contribution in [0.2, 0.25) is 5.02 Å². The lowest BCUT2D eigenvalue weighted by molar-refractivity contribution is -0.144. The normalized spacial score (nSPS) is 15.7. The Morgan fingerprint density at radius 2 is 1.88 bits per heavy atom. The van der Waals surface area contributed by atoms with Crippen molar-refractivity contribution in [3.63, 3.8) is 0 Å². The summed E-state index contributed by atoms with van der Waals surface area (Å²) in [4.78, 5) is 28.0. The minimum absolute atomic E-state index is 0.190. The molecule has 0 radical (unpaired) electrons. The lowest BCUT2D eigenvalue weighted by atomic mass is 10.1. The highest BCUT2D eigenvalue weighted by Gasteiger charge is 2.20. The lowest BCUT2D eigenvalue weighted by Gasteiger charge is -2.21. The van der Waals surface area contributed by atoms with Gasteiger partial charge < -0.3 is 9.64 Å². The maximum Gasteiger partial charge on any atom is 0.320 e. The Bertz CT molecular complexity index is 562. The summed E-state index contributed by atoms with van der Waals surface area (Å²) in [6, 6.07) is 7.77. The molecule has 1 aromatic carbocycles. The zero-order chi connectivity index (χ0) is 18.1. The Morgan fingerprint density at radius 3 is 2.60 bits per heavy atom. The third-order valence-electron chi connectivity index (χ3n) is 4.37. The van der Waals surface area contributed by atoms with Gasteiger partial charge in [-0.25, -0.2) is 0 Å². The molecule has 1 aliphatic heterocycles. The standard InChI is InChI=1S/C19H27ClN2O3/c1-2-25-19(24)15-21-11-4-12-22(14-13-21)18(23)6-3-5-16-7-9-17(20)10-8-16/h7-10H,2-6,11-15H2,1H3. The largest absolute Gasteiger partial charge is 0.465 e. The van der Waals surface area contributed by atoms with Gasteiger partial charge in [0, 0.05) is 37.6 Å². The van der Waals surface area contributed by atoms with Crippen LogP contribution in [0, 0.1) is 0 Å². The fourth-order valence-corrected chi connectivity index (χ4v) is 3.15. The maximum atomic E-state index is 12.4.